The Labute approximate surface area is 161 Å². The molecule has 0 fully saturated rings. The summed E-state index contributed by atoms with van der Waals surface area (Å²) in [6.45, 7) is 4.10. The van der Waals surface area contributed by atoms with Gasteiger partial charge in [0.25, 0.3) is 0 Å². The fraction of sp³-hybridized carbons (Fsp3) is 0.333. The van der Waals surface area contributed by atoms with Crippen LogP contribution >= 0.6 is 11.3 Å². The molecule has 3 aromatic rings. The van der Waals surface area contributed by atoms with Crippen molar-refractivity contribution in [3.8, 4) is 0 Å². The molecule has 0 aliphatic rings. The van der Waals surface area contributed by atoms with Crippen LogP contribution in [0.25, 0.3) is 0 Å². The smallest absolute Gasteiger partial charge is 0.321 e. The number of aromatic nitrogens is 4. The van der Waals surface area contributed by atoms with E-state index in [2.05, 4.69) is 39.8 Å². The van der Waals surface area contributed by atoms with Crippen molar-refractivity contribution in [2.75, 3.05) is 11.1 Å². The predicted molar refractivity (Wildman–Crippen MR) is 107 cm³/mol. The van der Waals surface area contributed by atoms with E-state index in [9.17, 15) is 4.79 Å². The van der Waals surface area contributed by atoms with Gasteiger partial charge in [0, 0.05) is 12.6 Å². The quantitative estimate of drug-likeness (QED) is 0.604. The minimum Gasteiger partial charge on any atom is -0.374 e. The Morgan fingerprint density at radius 1 is 1.22 bits per heavy atom. The summed E-state index contributed by atoms with van der Waals surface area (Å²) in [6, 6.07) is 8.83. The van der Waals surface area contributed by atoms with E-state index in [0.717, 1.165) is 29.7 Å². The number of hydrogen-bond acceptors (Lipinski definition) is 6. The van der Waals surface area contributed by atoms with Gasteiger partial charge in [0.2, 0.25) is 5.13 Å². The van der Waals surface area contributed by atoms with E-state index in [-0.39, 0.29) is 6.03 Å². The topological polar surface area (TPSA) is 111 Å². The highest BCUT2D eigenvalue weighted by Gasteiger charge is 2.22. The predicted octanol–water partition coefficient (Wildman–Crippen LogP) is 2.89. The van der Waals surface area contributed by atoms with E-state index in [0.29, 0.717) is 16.0 Å². The number of nitrogens with one attached hydrogen (secondary N) is 2. The molecule has 0 spiro atoms. The molecule has 0 bridgehead atoms. The zero-order valence-corrected chi connectivity index (χ0v) is 16.4. The number of nitrogens with two attached hydrogens (primary N) is 1. The van der Waals surface area contributed by atoms with Gasteiger partial charge in [-0.1, -0.05) is 55.5 Å². The number of benzene rings is 1. The van der Waals surface area contributed by atoms with Crippen molar-refractivity contribution in [2.24, 2.45) is 7.05 Å². The van der Waals surface area contributed by atoms with Crippen molar-refractivity contribution in [3.05, 3.63) is 52.2 Å². The highest BCUT2D eigenvalue weighted by atomic mass is 32.1. The van der Waals surface area contributed by atoms with Crippen LogP contribution in [-0.4, -0.2) is 26.0 Å². The first-order chi connectivity index (χ1) is 13.0. The van der Waals surface area contributed by atoms with E-state index < -0.39 is 6.04 Å². The summed E-state index contributed by atoms with van der Waals surface area (Å²) < 4.78 is 1.71. The summed E-state index contributed by atoms with van der Waals surface area (Å²) in [5.41, 5.74) is 8.67. The normalized spacial score (nSPS) is 12.0. The first-order valence-corrected chi connectivity index (χ1v) is 9.61. The Morgan fingerprint density at radius 2 is 1.96 bits per heavy atom. The fourth-order valence-corrected chi connectivity index (χ4v) is 3.70. The lowest BCUT2D eigenvalue weighted by Crippen LogP contribution is -2.34. The second kappa shape index (κ2) is 8.17. The number of carbonyl (C=O) groups excluding carboxylic acids is 1. The molecule has 0 aliphatic heterocycles. The zero-order chi connectivity index (χ0) is 19.4. The van der Waals surface area contributed by atoms with Crippen LogP contribution in [0.1, 0.15) is 41.7 Å². The molecule has 2 aromatic heterocycles. The number of hydrogen-bond donors (Lipinski definition) is 3. The summed E-state index contributed by atoms with van der Waals surface area (Å²) >= 11 is 1.25. The van der Waals surface area contributed by atoms with Crippen molar-refractivity contribution in [2.45, 2.75) is 32.7 Å². The van der Waals surface area contributed by atoms with Crippen LogP contribution in [0.4, 0.5) is 15.7 Å². The van der Waals surface area contributed by atoms with Gasteiger partial charge in [0.15, 0.2) is 0 Å². The monoisotopic (exact) mass is 385 g/mol. The molecule has 2 heterocycles. The lowest BCUT2D eigenvalue weighted by atomic mass is 10.1. The van der Waals surface area contributed by atoms with Gasteiger partial charge in [0.1, 0.15) is 16.9 Å². The Morgan fingerprint density at radius 3 is 2.56 bits per heavy atom. The van der Waals surface area contributed by atoms with E-state index in [1.807, 2.05) is 37.4 Å². The standard InChI is InChI=1S/C18H23N7OS/c1-4-12-13(5-2)24-25(3)15(12)21-18(26)20-14(11-9-7-6-8-10-11)16-22-23-17(19)27-16/h6-10,14H,4-5H2,1-3H3,(H2,19,23)(H2,20,21,26)/t14-/m0/s1. The van der Waals surface area contributed by atoms with Crippen LogP contribution in [0.5, 0.6) is 0 Å². The van der Waals surface area contributed by atoms with Crippen molar-refractivity contribution in [3.63, 3.8) is 0 Å². The molecule has 0 saturated heterocycles. The maximum Gasteiger partial charge on any atom is 0.321 e. The summed E-state index contributed by atoms with van der Waals surface area (Å²) in [5, 5.41) is 19.4. The van der Waals surface area contributed by atoms with Crippen LogP contribution in [-0.2, 0) is 19.9 Å². The molecule has 3 rings (SSSR count). The molecule has 142 valence electrons. The number of carbonyl (C=O) groups is 1. The molecule has 0 unspecified atom stereocenters. The Hall–Kier alpha value is -2.94. The summed E-state index contributed by atoms with van der Waals surface area (Å²) in [5.74, 6) is 0.704. The van der Waals surface area contributed by atoms with Crippen molar-refractivity contribution in [1.82, 2.24) is 25.3 Å². The number of urea groups is 1. The third-order valence-corrected chi connectivity index (χ3v) is 5.08. The van der Waals surface area contributed by atoms with Gasteiger partial charge < -0.3 is 11.1 Å². The van der Waals surface area contributed by atoms with Crippen molar-refractivity contribution in [1.29, 1.82) is 0 Å². The fourth-order valence-electron chi connectivity index (χ4n) is 3.01. The lowest BCUT2D eigenvalue weighted by Gasteiger charge is -2.17. The maximum absolute atomic E-state index is 12.8. The minimum atomic E-state index is -0.440. The molecular weight excluding hydrogens is 362 g/mol. The largest absolute Gasteiger partial charge is 0.374 e. The molecular formula is C18H23N7OS. The highest BCUT2D eigenvalue weighted by Crippen LogP contribution is 2.26. The lowest BCUT2D eigenvalue weighted by molar-refractivity contribution is 0.250. The van der Waals surface area contributed by atoms with E-state index in [4.69, 9.17) is 5.73 Å². The number of anilines is 2. The van der Waals surface area contributed by atoms with Gasteiger partial charge >= 0.3 is 6.03 Å². The van der Waals surface area contributed by atoms with Gasteiger partial charge in [-0.3, -0.25) is 10.00 Å². The Balaban J connectivity index is 1.85. The van der Waals surface area contributed by atoms with Gasteiger partial charge in [-0.25, -0.2) is 4.79 Å². The van der Waals surface area contributed by atoms with Crippen LogP contribution in [0.2, 0.25) is 0 Å². The first-order valence-electron chi connectivity index (χ1n) is 8.79. The summed E-state index contributed by atoms with van der Waals surface area (Å²) in [4.78, 5) is 12.8. The molecule has 9 heteroatoms. The number of amides is 2. The number of aryl methyl sites for hydroxylation is 2. The molecule has 8 nitrogen and oxygen atoms in total. The number of nitrogen functional groups attached to an aromatic ring is 1. The molecule has 1 atom stereocenters. The van der Waals surface area contributed by atoms with Gasteiger partial charge in [0.05, 0.1) is 5.69 Å². The van der Waals surface area contributed by atoms with E-state index >= 15 is 0 Å². The molecule has 1 aromatic carbocycles. The third kappa shape index (κ3) is 4.08. The second-order valence-corrected chi connectivity index (χ2v) is 7.07. The van der Waals surface area contributed by atoms with Gasteiger partial charge in [-0.15, -0.1) is 10.2 Å². The number of rotatable bonds is 6. The number of nitrogens with zero attached hydrogens (tertiary/aromatic N) is 4. The van der Waals surface area contributed by atoms with Gasteiger partial charge in [-0.2, -0.15) is 5.10 Å². The van der Waals surface area contributed by atoms with Crippen LogP contribution in [0, 0.1) is 0 Å². The average Bonchev–Trinajstić information content (AvgIpc) is 3.23. The molecule has 0 aliphatic carbocycles. The first kappa shape index (κ1) is 18.8. The van der Waals surface area contributed by atoms with E-state index in [1.165, 1.54) is 11.3 Å². The van der Waals surface area contributed by atoms with Crippen LogP contribution in [0.15, 0.2) is 30.3 Å². The van der Waals surface area contributed by atoms with Gasteiger partial charge in [-0.05, 0) is 18.4 Å². The second-order valence-electron chi connectivity index (χ2n) is 6.03. The SMILES string of the molecule is CCc1nn(C)c(NC(=O)N[C@@H](c2ccccc2)c2nnc(N)s2)c1CC. The van der Waals surface area contributed by atoms with Crippen LogP contribution < -0.4 is 16.4 Å². The minimum absolute atomic E-state index is 0.335. The summed E-state index contributed by atoms with van der Waals surface area (Å²) in [6.07, 6.45) is 1.61. The average molecular weight is 385 g/mol. The molecule has 0 radical (unpaired) electrons. The van der Waals surface area contributed by atoms with Crippen LogP contribution in [0.3, 0.4) is 0 Å². The molecule has 4 N–H and O–H groups in total. The van der Waals surface area contributed by atoms with Crippen molar-refractivity contribution < 1.29 is 4.79 Å². The van der Waals surface area contributed by atoms with Crippen molar-refractivity contribution >= 4 is 28.3 Å². The molecule has 0 saturated carbocycles. The maximum atomic E-state index is 12.8. The zero-order valence-electron chi connectivity index (χ0n) is 15.6. The molecule has 2 amide bonds. The Kier molecular flexibility index (Phi) is 5.70. The van der Waals surface area contributed by atoms with E-state index in [1.54, 1.807) is 4.68 Å². The Bertz CT molecular complexity index is 919. The summed E-state index contributed by atoms with van der Waals surface area (Å²) in [7, 11) is 1.83. The third-order valence-electron chi connectivity index (χ3n) is 4.26. The molecule has 27 heavy (non-hydrogen) atoms. The highest BCUT2D eigenvalue weighted by molar-refractivity contribution is 7.15.